The molecule has 2 aliphatic heterocycles. The number of pyridine rings is 2. The molecule has 2 fully saturated rings. The minimum absolute atomic E-state index is 0. The Balaban J connectivity index is 0.000000204. The number of alkyl halides is 1. The molecular formula is C54H61BrN4O12. The van der Waals surface area contributed by atoms with Gasteiger partial charge in [-0.1, -0.05) is 30.8 Å². The van der Waals surface area contributed by atoms with Gasteiger partial charge in [0.05, 0.1) is 58.3 Å². The molecule has 6 heterocycles. The van der Waals surface area contributed by atoms with Crippen molar-refractivity contribution in [3.63, 3.8) is 0 Å². The standard InChI is InChI=1S/C26H26N2O6.C22H18BrNO5.C4H9NO.2CH4/c1-17-25(26(29)30-2)21-6-4-19(16-24(21)33-17)34-23-7-8-27-22-15-18(3-5-20(22)23)32-14-11-28-9-12-31-13-10-28;1-13-21(22(25)26-2)17-6-4-15(12-20(17)28-13)29-19-7-9-24-18-11-14(27-10-8-23)3-5-16(18)19;1-3-6-4-2-5-1;;/h3-8,15-16H,9-14H2,1-2H3;3-7,9,11-12H,8,10H2,1-2H3;5H,1-4H2;2*1H4. The largest absolute Gasteiger partial charge is 0.493 e. The molecule has 2 aliphatic rings. The minimum atomic E-state index is -0.423. The maximum atomic E-state index is 12.1. The molecular weight excluding hydrogens is 977 g/mol. The molecule has 0 spiro atoms. The second kappa shape index (κ2) is 25.9. The number of rotatable bonds is 13. The first-order valence-electron chi connectivity index (χ1n) is 22.5. The van der Waals surface area contributed by atoms with Crippen LogP contribution >= 0.6 is 15.9 Å². The monoisotopic (exact) mass is 1040 g/mol. The van der Waals surface area contributed by atoms with Gasteiger partial charge in [-0.05, 0) is 74.5 Å². The zero-order valence-corrected chi connectivity index (χ0v) is 40.4. The summed E-state index contributed by atoms with van der Waals surface area (Å²) in [6.45, 7) is 12.8. The zero-order chi connectivity index (χ0) is 48.1. The smallest absolute Gasteiger partial charge is 0.342 e. The van der Waals surface area contributed by atoms with Gasteiger partial charge in [0.25, 0.3) is 0 Å². The molecule has 0 atom stereocenters. The van der Waals surface area contributed by atoms with Gasteiger partial charge >= 0.3 is 11.9 Å². The lowest BCUT2D eigenvalue weighted by atomic mass is 10.1. The van der Waals surface area contributed by atoms with Crippen molar-refractivity contribution in [3.05, 3.63) is 120 Å². The number of methoxy groups -OCH3 is 2. The Labute approximate surface area is 421 Å². The molecule has 4 aromatic heterocycles. The SMILES string of the molecule is C.C.C1COCCN1.COC(=O)c1c(C)oc2cc(Oc3ccnc4cc(OCCBr)ccc34)ccc12.COC(=O)c1c(C)oc2cc(Oc3ccnc4cc(OCCN5CCOCC5)ccc34)ccc12. The number of morpholine rings is 2. The summed E-state index contributed by atoms with van der Waals surface area (Å²) < 4.78 is 55.4. The summed E-state index contributed by atoms with van der Waals surface area (Å²) in [5.41, 5.74) is 3.54. The molecule has 10 rings (SSSR count). The Morgan fingerprint density at radius 2 is 1.06 bits per heavy atom. The number of carbonyl (C=O) groups is 2. The van der Waals surface area contributed by atoms with Crippen molar-refractivity contribution < 1.29 is 56.3 Å². The van der Waals surface area contributed by atoms with E-state index in [0.717, 1.165) is 97.8 Å². The summed E-state index contributed by atoms with van der Waals surface area (Å²) in [6, 6.07) is 25.8. The van der Waals surface area contributed by atoms with E-state index in [0.29, 0.717) is 80.8 Å². The molecule has 17 heteroatoms. The second-order valence-electron chi connectivity index (χ2n) is 15.7. The van der Waals surface area contributed by atoms with E-state index in [9.17, 15) is 9.59 Å². The van der Waals surface area contributed by atoms with E-state index in [1.54, 1.807) is 68.7 Å². The third kappa shape index (κ3) is 13.4. The average molecular weight is 1040 g/mol. The first-order valence-corrected chi connectivity index (χ1v) is 23.6. The van der Waals surface area contributed by atoms with E-state index in [4.69, 9.17) is 46.7 Å². The number of ether oxygens (including phenoxy) is 8. The molecule has 2 saturated heterocycles. The molecule has 4 aromatic carbocycles. The fourth-order valence-electron chi connectivity index (χ4n) is 7.84. The molecule has 0 unspecified atom stereocenters. The highest BCUT2D eigenvalue weighted by Crippen LogP contribution is 2.36. The van der Waals surface area contributed by atoms with Crippen LogP contribution in [-0.2, 0) is 18.9 Å². The van der Waals surface area contributed by atoms with Gasteiger partial charge in [0.1, 0.15) is 74.9 Å². The number of carbonyl (C=O) groups excluding carboxylic acids is 2. The summed E-state index contributed by atoms with van der Waals surface area (Å²) in [4.78, 5) is 35.3. The van der Waals surface area contributed by atoms with Crippen LogP contribution in [0.1, 0.15) is 47.1 Å². The van der Waals surface area contributed by atoms with Gasteiger partial charge in [0.2, 0.25) is 0 Å². The van der Waals surface area contributed by atoms with Crippen LogP contribution in [0.2, 0.25) is 0 Å². The van der Waals surface area contributed by atoms with Crippen molar-refractivity contribution in [2.45, 2.75) is 28.7 Å². The fraction of sp³-hybridized carbons (Fsp3) is 0.333. The number of furan rings is 2. The van der Waals surface area contributed by atoms with Crippen LogP contribution in [0.4, 0.5) is 0 Å². The third-order valence-electron chi connectivity index (χ3n) is 11.2. The van der Waals surface area contributed by atoms with Gasteiger partial charge in [0.15, 0.2) is 0 Å². The maximum Gasteiger partial charge on any atom is 0.342 e. The summed E-state index contributed by atoms with van der Waals surface area (Å²) in [6.07, 6.45) is 3.40. The number of halogens is 1. The van der Waals surface area contributed by atoms with Crippen LogP contribution in [0, 0.1) is 13.8 Å². The van der Waals surface area contributed by atoms with Gasteiger partial charge in [-0.2, -0.15) is 0 Å². The first-order chi connectivity index (χ1) is 33.7. The number of nitrogens with zero attached hydrogens (tertiary/aromatic N) is 3. The molecule has 1 N–H and O–H groups in total. The van der Waals surface area contributed by atoms with Gasteiger partial charge in [-0.3, -0.25) is 14.9 Å². The molecule has 16 nitrogen and oxygen atoms in total. The highest BCUT2D eigenvalue weighted by Gasteiger charge is 2.21. The highest BCUT2D eigenvalue weighted by molar-refractivity contribution is 9.09. The number of nitrogens with one attached hydrogen (secondary N) is 1. The lowest BCUT2D eigenvalue weighted by Crippen LogP contribution is -2.38. The van der Waals surface area contributed by atoms with Gasteiger partial charge < -0.3 is 52.0 Å². The van der Waals surface area contributed by atoms with Gasteiger partial charge in [-0.25, -0.2) is 9.59 Å². The Morgan fingerprint density at radius 1 is 0.606 bits per heavy atom. The number of esters is 2. The molecule has 0 saturated carbocycles. The van der Waals surface area contributed by atoms with Crippen LogP contribution in [0.25, 0.3) is 43.7 Å². The number of benzene rings is 4. The quantitative estimate of drug-likeness (QED) is 0.0852. The Bertz CT molecular complexity index is 3020. The molecule has 8 aromatic rings. The van der Waals surface area contributed by atoms with Crippen molar-refractivity contribution in [1.29, 1.82) is 0 Å². The average Bonchev–Trinajstić information content (AvgIpc) is 3.90. The minimum Gasteiger partial charge on any atom is -0.493 e. The van der Waals surface area contributed by atoms with Crippen molar-refractivity contribution in [2.75, 3.05) is 91.9 Å². The van der Waals surface area contributed by atoms with E-state index >= 15 is 0 Å². The number of hydrogen-bond donors (Lipinski definition) is 1. The van der Waals surface area contributed by atoms with Crippen LogP contribution in [-0.4, -0.2) is 119 Å². The maximum absolute atomic E-state index is 12.1. The second-order valence-corrected chi connectivity index (χ2v) is 16.5. The summed E-state index contributed by atoms with van der Waals surface area (Å²) in [5, 5.41) is 7.03. The molecule has 0 amide bonds. The van der Waals surface area contributed by atoms with Crippen LogP contribution in [0.15, 0.2) is 106 Å². The lowest BCUT2D eigenvalue weighted by Gasteiger charge is -2.26. The van der Waals surface area contributed by atoms with Crippen molar-refractivity contribution in [2.24, 2.45) is 0 Å². The number of hydrogen-bond acceptors (Lipinski definition) is 16. The van der Waals surface area contributed by atoms with Crippen LogP contribution in [0.5, 0.6) is 34.5 Å². The van der Waals surface area contributed by atoms with E-state index in [-0.39, 0.29) is 14.9 Å². The lowest BCUT2D eigenvalue weighted by molar-refractivity contribution is 0.0322. The summed E-state index contributed by atoms with van der Waals surface area (Å²) >= 11 is 3.35. The fourth-order valence-corrected chi connectivity index (χ4v) is 8.00. The Morgan fingerprint density at radius 3 is 1.49 bits per heavy atom. The van der Waals surface area contributed by atoms with Gasteiger partial charge in [-0.15, -0.1) is 0 Å². The van der Waals surface area contributed by atoms with Crippen molar-refractivity contribution in [1.82, 2.24) is 20.2 Å². The molecule has 0 bridgehead atoms. The molecule has 0 radical (unpaired) electrons. The predicted molar refractivity (Wildman–Crippen MR) is 277 cm³/mol. The normalized spacial score (nSPS) is 13.4. The highest BCUT2D eigenvalue weighted by atomic mass is 79.9. The molecule has 71 heavy (non-hydrogen) atoms. The topological polar surface area (TPSA) is 175 Å². The summed E-state index contributed by atoms with van der Waals surface area (Å²) in [7, 11) is 2.70. The van der Waals surface area contributed by atoms with Crippen LogP contribution < -0.4 is 24.3 Å². The number of fused-ring (bicyclic) bond motifs is 4. The van der Waals surface area contributed by atoms with E-state index < -0.39 is 11.9 Å². The predicted octanol–water partition coefficient (Wildman–Crippen LogP) is 11.1. The van der Waals surface area contributed by atoms with Crippen molar-refractivity contribution in [3.8, 4) is 34.5 Å². The van der Waals surface area contributed by atoms with E-state index in [2.05, 4.69) is 36.1 Å². The Kier molecular flexibility index (Phi) is 19.6. The summed E-state index contributed by atoms with van der Waals surface area (Å²) in [5.74, 6) is 4.21. The third-order valence-corrected chi connectivity index (χ3v) is 11.6. The molecule has 0 aliphatic carbocycles. The van der Waals surface area contributed by atoms with E-state index in [1.165, 1.54) is 14.2 Å². The number of aromatic nitrogens is 2. The van der Waals surface area contributed by atoms with Gasteiger partial charge in [0, 0.05) is 96.3 Å². The molecule has 376 valence electrons. The van der Waals surface area contributed by atoms with Crippen molar-refractivity contribution >= 4 is 71.6 Å². The van der Waals surface area contributed by atoms with Crippen LogP contribution in [0.3, 0.4) is 0 Å². The first kappa shape index (κ1) is 53.6. The Hall–Kier alpha value is -6.76. The number of aryl methyl sites for hydroxylation is 2. The van der Waals surface area contributed by atoms with E-state index in [1.807, 2.05) is 42.5 Å². The zero-order valence-electron chi connectivity index (χ0n) is 38.8.